The Hall–Kier alpha value is -7.13. The summed E-state index contributed by atoms with van der Waals surface area (Å²) in [7, 11) is 0.0548. The van der Waals surface area contributed by atoms with Crippen LogP contribution in [0.2, 0.25) is 0 Å². The molecule has 2 heterocycles. The van der Waals surface area contributed by atoms with Crippen molar-refractivity contribution in [2.45, 2.75) is 17.1 Å². The number of hydrogen-bond acceptors (Lipinski definition) is 0. The second-order valence-electron chi connectivity index (χ2n) is 16.2. The maximum atomic E-state index is 2.47. The van der Waals surface area contributed by atoms with E-state index < -0.39 is 0 Å². The van der Waals surface area contributed by atoms with Crippen molar-refractivity contribution in [1.29, 1.82) is 0 Å². The molecule has 2 unspecified atom stereocenters. The molecule has 0 fully saturated rings. The number of nitrogens with zero attached hydrogens (tertiary/aromatic N) is 1. The first kappa shape index (κ1) is 36.9. The quantitative estimate of drug-likeness (QED) is 0.142. The van der Waals surface area contributed by atoms with E-state index in [9.17, 15) is 0 Å². The highest BCUT2D eigenvalue weighted by molar-refractivity contribution is 7.96. The summed E-state index contributed by atoms with van der Waals surface area (Å²) >= 11 is 0. The lowest BCUT2D eigenvalue weighted by Gasteiger charge is -2.24. The maximum Gasteiger partial charge on any atom is 0.165 e. The molecule has 1 nitrogen and oxygen atoms in total. The van der Waals surface area contributed by atoms with Gasteiger partial charge in [0.25, 0.3) is 0 Å². The standard InChI is InChI=1S/C59H44NS/c1-40-53-25-15-16-26-54(53)55-29-28-52(38-59(55)61(40)2)60-39-57(51-35-48(43-21-11-5-12-22-43)32-49(36-51)44-23-13-6-14-24-44)56-37-45(27-30-58(56)60)50-33-46(41-17-7-3-8-18-41)31-47(34-50)42-19-9-4-10-20-42/h3-40H,1-2H3/q+1. The lowest BCUT2D eigenvalue weighted by atomic mass is 9.91. The largest absolute Gasteiger partial charge is 0.316 e. The van der Waals surface area contributed by atoms with Crippen LogP contribution in [0.4, 0.5) is 0 Å². The van der Waals surface area contributed by atoms with Gasteiger partial charge in [-0.1, -0.05) is 152 Å². The van der Waals surface area contributed by atoms with Gasteiger partial charge >= 0.3 is 0 Å². The zero-order chi connectivity index (χ0) is 40.9. The summed E-state index contributed by atoms with van der Waals surface area (Å²) in [5, 5.41) is 1.68. The number of benzene rings is 9. The second kappa shape index (κ2) is 15.5. The SMILES string of the molecule is CC1c2ccccc2-c2ccc(-n3cc(-c4cc(-c5ccccc5)cc(-c5ccccc5)c4)c4cc(-c5cc(-c6ccccc6)cc(-c6ccccc6)c5)ccc43)cc2[S+]1C. The molecule has 0 radical (unpaired) electrons. The van der Waals surface area contributed by atoms with Crippen molar-refractivity contribution >= 4 is 21.8 Å². The highest BCUT2D eigenvalue weighted by atomic mass is 32.2. The fourth-order valence-corrected chi connectivity index (χ4v) is 11.0. The predicted molar refractivity (Wildman–Crippen MR) is 261 cm³/mol. The molecular weight excluding hydrogens is 755 g/mol. The molecule has 0 saturated carbocycles. The van der Waals surface area contributed by atoms with Crippen LogP contribution in [0.3, 0.4) is 0 Å². The molecule has 2 heteroatoms. The minimum absolute atomic E-state index is 0.0548. The molecule has 0 saturated heterocycles. The average Bonchev–Trinajstić information content (AvgIpc) is 3.73. The molecule has 1 aliphatic rings. The van der Waals surface area contributed by atoms with Gasteiger partial charge in [-0.25, -0.2) is 0 Å². The lowest BCUT2D eigenvalue weighted by molar-refractivity contribution is 1.05. The van der Waals surface area contributed by atoms with Crippen LogP contribution in [0.15, 0.2) is 229 Å². The van der Waals surface area contributed by atoms with Gasteiger partial charge in [0.15, 0.2) is 4.90 Å². The van der Waals surface area contributed by atoms with Gasteiger partial charge in [-0.05, 0) is 134 Å². The molecule has 290 valence electrons. The molecule has 0 aliphatic carbocycles. The van der Waals surface area contributed by atoms with Crippen molar-refractivity contribution in [3.8, 4) is 83.6 Å². The van der Waals surface area contributed by atoms with E-state index in [1.54, 1.807) is 0 Å². The van der Waals surface area contributed by atoms with Crippen molar-refractivity contribution in [3.63, 3.8) is 0 Å². The van der Waals surface area contributed by atoms with Crippen molar-refractivity contribution in [2.75, 3.05) is 6.26 Å². The molecule has 9 aromatic carbocycles. The summed E-state index contributed by atoms with van der Waals surface area (Å²) in [6.45, 7) is 2.39. The van der Waals surface area contributed by atoms with Crippen molar-refractivity contribution < 1.29 is 0 Å². The Morgan fingerprint density at radius 2 is 0.820 bits per heavy atom. The molecule has 11 rings (SSSR count). The highest BCUT2D eigenvalue weighted by Gasteiger charge is 2.36. The second-order valence-corrected chi connectivity index (χ2v) is 18.4. The molecule has 0 amide bonds. The van der Waals surface area contributed by atoms with Gasteiger partial charge in [-0.15, -0.1) is 0 Å². The van der Waals surface area contributed by atoms with Crippen LogP contribution >= 0.6 is 0 Å². The van der Waals surface area contributed by atoms with E-state index in [4.69, 9.17) is 0 Å². The Bertz CT molecular complexity index is 3090. The average molecular weight is 799 g/mol. The Balaban J connectivity index is 1.15. The zero-order valence-corrected chi connectivity index (χ0v) is 35.1. The molecule has 61 heavy (non-hydrogen) atoms. The summed E-state index contributed by atoms with van der Waals surface area (Å²) in [6, 6.07) is 80.4. The van der Waals surface area contributed by atoms with Crippen LogP contribution in [-0.4, -0.2) is 10.8 Å². The molecular formula is C59H44NS+. The van der Waals surface area contributed by atoms with Gasteiger partial charge in [0.1, 0.15) is 11.5 Å². The van der Waals surface area contributed by atoms with E-state index in [1.807, 2.05) is 0 Å². The fourth-order valence-electron chi connectivity index (χ4n) is 9.25. The fraction of sp³-hybridized carbons (Fsp3) is 0.0508. The zero-order valence-electron chi connectivity index (χ0n) is 34.3. The van der Waals surface area contributed by atoms with Crippen molar-refractivity contribution in [3.05, 3.63) is 230 Å². The van der Waals surface area contributed by atoms with E-state index in [-0.39, 0.29) is 10.9 Å². The van der Waals surface area contributed by atoms with Crippen LogP contribution in [-0.2, 0) is 10.9 Å². The Labute approximate surface area is 361 Å². The number of rotatable bonds is 7. The molecule has 2 atom stereocenters. The maximum absolute atomic E-state index is 2.47. The van der Waals surface area contributed by atoms with E-state index in [0.29, 0.717) is 5.25 Å². The smallest absolute Gasteiger partial charge is 0.165 e. The summed E-state index contributed by atoms with van der Waals surface area (Å²) in [5.41, 5.74) is 21.0. The van der Waals surface area contributed by atoms with Gasteiger partial charge in [0, 0.05) is 45.2 Å². The first-order valence-corrected chi connectivity index (χ1v) is 22.8. The Morgan fingerprint density at radius 3 is 1.34 bits per heavy atom. The topological polar surface area (TPSA) is 4.93 Å². The van der Waals surface area contributed by atoms with E-state index in [1.165, 1.54) is 105 Å². The summed E-state index contributed by atoms with van der Waals surface area (Å²) in [4.78, 5) is 1.44. The van der Waals surface area contributed by atoms with Crippen LogP contribution in [0.25, 0.3) is 94.5 Å². The van der Waals surface area contributed by atoms with Gasteiger partial charge < -0.3 is 4.57 Å². The normalized spacial score (nSPS) is 14.4. The van der Waals surface area contributed by atoms with E-state index >= 15 is 0 Å². The van der Waals surface area contributed by atoms with Gasteiger partial charge in [0.2, 0.25) is 0 Å². The minimum Gasteiger partial charge on any atom is -0.316 e. The minimum atomic E-state index is 0.0548. The first-order valence-electron chi connectivity index (χ1n) is 21.1. The molecule has 1 aromatic heterocycles. The molecule has 0 spiro atoms. The molecule has 0 bridgehead atoms. The van der Waals surface area contributed by atoms with Crippen LogP contribution in [0, 0.1) is 0 Å². The summed E-state index contributed by atoms with van der Waals surface area (Å²) < 4.78 is 2.43. The van der Waals surface area contributed by atoms with Crippen LogP contribution in [0.5, 0.6) is 0 Å². The summed E-state index contributed by atoms with van der Waals surface area (Å²) in [5.74, 6) is 0. The third kappa shape index (κ3) is 6.80. The highest BCUT2D eigenvalue weighted by Crippen LogP contribution is 2.46. The Kier molecular flexibility index (Phi) is 9.37. The monoisotopic (exact) mass is 798 g/mol. The number of fused-ring (bicyclic) bond motifs is 4. The lowest BCUT2D eigenvalue weighted by Crippen LogP contribution is -2.17. The van der Waals surface area contributed by atoms with E-state index in [0.717, 1.165) is 0 Å². The van der Waals surface area contributed by atoms with Crippen molar-refractivity contribution in [1.82, 2.24) is 4.57 Å². The molecule has 10 aromatic rings. The van der Waals surface area contributed by atoms with Gasteiger partial charge in [-0.2, -0.15) is 0 Å². The molecule has 1 aliphatic heterocycles. The van der Waals surface area contributed by atoms with Gasteiger partial charge in [-0.3, -0.25) is 0 Å². The van der Waals surface area contributed by atoms with Crippen LogP contribution in [0.1, 0.15) is 17.7 Å². The number of hydrogen-bond donors (Lipinski definition) is 0. The third-order valence-corrected chi connectivity index (χ3v) is 14.9. The summed E-state index contributed by atoms with van der Waals surface area (Å²) in [6.07, 6.45) is 4.81. The predicted octanol–water partition coefficient (Wildman–Crippen LogP) is 16.0. The Morgan fingerprint density at radius 1 is 0.361 bits per heavy atom. The van der Waals surface area contributed by atoms with Crippen LogP contribution < -0.4 is 0 Å². The number of aromatic nitrogens is 1. The van der Waals surface area contributed by atoms with Gasteiger partial charge in [0.05, 0.1) is 11.2 Å². The third-order valence-electron chi connectivity index (χ3n) is 12.6. The molecule has 0 N–H and O–H groups in total. The van der Waals surface area contributed by atoms with E-state index in [2.05, 4.69) is 242 Å². The van der Waals surface area contributed by atoms with Crippen molar-refractivity contribution in [2.24, 2.45) is 0 Å². The first-order chi connectivity index (χ1) is 30.1.